The van der Waals surface area contributed by atoms with Gasteiger partial charge in [-0.3, -0.25) is 9.98 Å². The van der Waals surface area contributed by atoms with Crippen molar-refractivity contribution in [3.8, 4) is 11.3 Å². The Morgan fingerprint density at radius 2 is 1.39 bits per heavy atom. The predicted octanol–water partition coefficient (Wildman–Crippen LogP) is 6.90. The maximum Gasteiger partial charge on any atom is 0.123 e. The third kappa shape index (κ3) is 4.47. The van der Waals surface area contributed by atoms with E-state index in [-0.39, 0.29) is 0 Å². The summed E-state index contributed by atoms with van der Waals surface area (Å²) in [6.07, 6.45) is 13.5. The molecule has 3 aliphatic heterocycles. The zero-order chi connectivity index (χ0) is 25.6. The summed E-state index contributed by atoms with van der Waals surface area (Å²) in [5.41, 5.74) is 8.87. The van der Waals surface area contributed by atoms with Gasteiger partial charge in [-0.15, -0.1) is 0 Å². The SMILES string of the molecule is CC1=NC(C2CCC(c3ccc(C4C=CC4c4ccc(-c5cnc(C6CCC(C)N6)[nH]5)cc4)cc3)=N2)CC1. The summed E-state index contributed by atoms with van der Waals surface area (Å²) in [6, 6.07) is 19.9. The molecule has 1 saturated heterocycles. The fourth-order valence-corrected chi connectivity index (χ4v) is 6.71. The van der Waals surface area contributed by atoms with Crippen LogP contribution in [0.5, 0.6) is 0 Å². The molecule has 0 amide bonds. The van der Waals surface area contributed by atoms with Gasteiger partial charge >= 0.3 is 0 Å². The Hall–Kier alpha value is -3.31. The van der Waals surface area contributed by atoms with Gasteiger partial charge in [0.2, 0.25) is 0 Å². The van der Waals surface area contributed by atoms with E-state index >= 15 is 0 Å². The van der Waals surface area contributed by atoms with E-state index in [1.807, 2.05) is 6.20 Å². The summed E-state index contributed by atoms with van der Waals surface area (Å²) in [4.78, 5) is 18.1. The number of imidazole rings is 1. The highest BCUT2D eigenvalue weighted by molar-refractivity contribution is 6.01. The van der Waals surface area contributed by atoms with Gasteiger partial charge in [-0.25, -0.2) is 4.98 Å². The van der Waals surface area contributed by atoms with Gasteiger partial charge in [-0.05, 0) is 74.6 Å². The smallest absolute Gasteiger partial charge is 0.123 e. The molecule has 6 atom stereocenters. The normalized spacial score (nSPS) is 30.4. The molecular formula is C33H37N5. The van der Waals surface area contributed by atoms with Crippen molar-refractivity contribution >= 4 is 11.4 Å². The first kappa shape index (κ1) is 23.8. The molecule has 0 radical (unpaired) electrons. The second kappa shape index (κ2) is 9.77. The fourth-order valence-electron chi connectivity index (χ4n) is 6.71. The molecule has 1 fully saturated rings. The lowest BCUT2D eigenvalue weighted by molar-refractivity contribution is 0.527. The van der Waals surface area contributed by atoms with E-state index in [1.54, 1.807) is 0 Å². The van der Waals surface area contributed by atoms with Crippen LogP contribution < -0.4 is 5.32 Å². The summed E-state index contributed by atoms with van der Waals surface area (Å²) in [6.45, 7) is 4.39. The van der Waals surface area contributed by atoms with Crippen LogP contribution in [0.25, 0.3) is 11.3 Å². The van der Waals surface area contributed by atoms with Crippen LogP contribution in [-0.2, 0) is 0 Å². The number of nitrogens with one attached hydrogen (secondary N) is 2. The van der Waals surface area contributed by atoms with Gasteiger partial charge in [0, 0.05) is 29.3 Å². The number of aromatic amines is 1. The van der Waals surface area contributed by atoms with Crippen molar-refractivity contribution in [1.29, 1.82) is 0 Å². The number of nitrogens with zero attached hydrogens (tertiary/aromatic N) is 3. The number of hydrogen-bond donors (Lipinski definition) is 2. The minimum absolute atomic E-state index is 0.346. The van der Waals surface area contributed by atoms with Crippen molar-refractivity contribution < 1.29 is 0 Å². The van der Waals surface area contributed by atoms with E-state index in [0.717, 1.165) is 37.2 Å². The second-order valence-electron chi connectivity index (χ2n) is 11.7. The molecule has 2 aromatic carbocycles. The van der Waals surface area contributed by atoms with Crippen LogP contribution in [0.1, 0.15) is 92.8 Å². The number of allylic oxidation sites excluding steroid dienone is 2. The van der Waals surface area contributed by atoms with Crippen molar-refractivity contribution in [2.24, 2.45) is 9.98 Å². The van der Waals surface area contributed by atoms with Crippen molar-refractivity contribution in [3.05, 3.63) is 89.4 Å². The van der Waals surface area contributed by atoms with E-state index in [9.17, 15) is 0 Å². The molecule has 1 aromatic heterocycles. The van der Waals surface area contributed by atoms with Crippen LogP contribution in [0, 0.1) is 0 Å². The van der Waals surface area contributed by atoms with Gasteiger partial charge in [0.1, 0.15) is 5.82 Å². The Balaban J connectivity index is 1.01. The highest BCUT2D eigenvalue weighted by Gasteiger charge is 2.30. The Kier molecular flexibility index (Phi) is 6.12. The monoisotopic (exact) mass is 503 g/mol. The molecule has 38 heavy (non-hydrogen) atoms. The third-order valence-electron chi connectivity index (χ3n) is 9.08. The zero-order valence-electron chi connectivity index (χ0n) is 22.4. The minimum atomic E-state index is 0.346. The molecule has 194 valence electrons. The molecule has 7 rings (SSSR count). The molecule has 3 aromatic rings. The van der Waals surface area contributed by atoms with E-state index in [2.05, 4.69) is 89.8 Å². The average molecular weight is 504 g/mol. The van der Waals surface area contributed by atoms with Gasteiger partial charge in [0.05, 0.1) is 30.0 Å². The van der Waals surface area contributed by atoms with Crippen molar-refractivity contribution in [3.63, 3.8) is 0 Å². The molecule has 0 bridgehead atoms. The van der Waals surface area contributed by atoms with Crippen LogP contribution in [0.15, 0.2) is 76.9 Å². The molecule has 4 aliphatic rings. The lowest BCUT2D eigenvalue weighted by atomic mass is 9.73. The van der Waals surface area contributed by atoms with Crippen molar-refractivity contribution in [2.75, 3.05) is 0 Å². The molecule has 5 heteroatoms. The summed E-state index contributed by atoms with van der Waals surface area (Å²) in [5, 5.41) is 3.62. The second-order valence-corrected chi connectivity index (χ2v) is 11.7. The number of hydrogen-bond acceptors (Lipinski definition) is 4. The number of H-pyrrole nitrogens is 1. The lowest BCUT2D eigenvalue weighted by Gasteiger charge is -2.30. The Labute approximate surface area is 225 Å². The topological polar surface area (TPSA) is 65.4 Å². The predicted molar refractivity (Wildman–Crippen MR) is 155 cm³/mol. The van der Waals surface area contributed by atoms with E-state index in [1.165, 1.54) is 46.5 Å². The standard InChI is InChI=1S/C33H37N5/c1-20-3-15-29(35-20)30-18-17-28(37-30)24-9-5-22(6-10-24)26-13-14-27(26)23-7-11-25(12-8-23)32-19-34-33(38-32)31-16-4-21(2)36-31/h5-14,19,21,26-27,29-31,36H,3-4,15-18H2,1-2H3,(H,34,38). The molecule has 0 spiro atoms. The molecule has 1 aliphatic carbocycles. The number of benzene rings is 2. The largest absolute Gasteiger partial charge is 0.341 e. The van der Waals surface area contributed by atoms with Crippen LogP contribution >= 0.6 is 0 Å². The average Bonchev–Trinajstić information content (AvgIpc) is 3.71. The number of rotatable bonds is 6. The van der Waals surface area contributed by atoms with Crippen LogP contribution in [0.3, 0.4) is 0 Å². The first-order chi connectivity index (χ1) is 18.6. The lowest BCUT2D eigenvalue weighted by Crippen LogP contribution is -2.21. The third-order valence-corrected chi connectivity index (χ3v) is 9.08. The highest BCUT2D eigenvalue weighted by atomic mass is 15.1. The number of aromatic nitrogens is 2. The Morgan fingerprint density at radius 3 is 2.00 bits per heavy atom. The van der Waals surface area contributed by atoms with E-state index in [4.69, 9.17) is 9.98 Å². The Bertz CT molecular complexity index is 1390. The molecule has 4 heterocycles. The Morgan fingerprint density at radius 1 is 0.737 bits per heavy atom. The molecule has 5 nitrogen and oxygen atoms in total. The van der Waals surface area contributed by atoms with Gasteiger partial charge in [-0.2, -0.15) is 0 Å². The van der Waals surface area contributed by atoms with Gasteiger partial charge in [-0.1, -0.05) is 60.7 Å². The molecule has 2 N–H and O–H groups in total. The molecule has 6 unspecified atom stereocenters. The molecular weight excluding hydrogens is 466 g/mol. The van der Waals surface area contributed by atoms with Crippen LogP contribution in [0.4, 0.5) is 0 Å². The van der Waals surface area contributed by atoms with Gasteiger partial charge < -0.3 is 10.3 Å². The van der Waals surface area contributed by atoms with E-state index < -0.39 is 0 Å². The zero-order valence-corrected chi connectivity index (χ0v) is 22.4. The summed E-state index contributed by atoms with van der Waals surface area (Å²) < 4.78 is 0. The van der Waals surface area contributed by atoms with Crippen molar-refractivity contribution in [1.82, 2.24) is 15.3 Å². The van der Waals surface area contributed by atoms with Gasteiger partial charge in [0.15, 0.2) is 0 Å². The summed E-state index contributed by atoms with van der Waals surface area (Å²) in [7, 11) is 0. The first-order valence-corrected chi connectivity index (χ1v) is 14.4. The maximum absolute atomic E-state index is 5.09. The molecule has 0 saturated carbocycles. The summed E-state index contributed by atoms with van der Waals surface area (Å²) >= 11 is 0. The van der Waals surface area contributed by atoms with Crippen molar-refractivity contribution in [2.45, 2.75) is 88.4 Å². The quantitative estimate of drug-likeness (QED) is 0.359. The summed E-state index contributed by atoms with van der Waals surface area (Å²) in [5.74, 6) is 1.91. The van der Waals surface area contributed by atoms with Gasteiger partial charge in [0.25, 0.3) is 0 Å². The minimum Gasteiger partial charge on any atom is -0.341 e. The first-order valence-electron chi connectivity index (χ1n) is 14.4. The highest BCUT2D eigenvalue weighted by Crippen LogP contribution is 2.43. The fraction of sp³-hybridized carbons (Fsp3) is 0.424. The number of aliphatic imine (C=N–C) groups is 2. The van der Waals surface area contributed by atoms with E-state index in [0.29, 0.717) is 36.0 Å². The van der Waals surface area contributed by atoms with Crippen LogP contribution in [0.2, 0.25) is 0 Å². The maximum atomic E-state index is 5.09. The van der Waals surface area contributed by atoms with Crippen LogP contribution in [-0.4, -0.2) is 39.5 Å².